The SMILES string of the molecule is CSc1ncc(CNCCCN2CCOCC2)cn1. The zero-order valence-corrected chi connectivity index (χ0v) is 12.3. The molecule has 0 aliphatic carbocycles. The second-order valence-corrected chi connectivity index (χ2v) is 5.34. The van der Waals surface area contributed by atoms with Crippen LogP contribution in [-0.2, 0) is 11.3 Å². The van der Waals surface area contributed by atoms with Crippen molar-refractivity contribution in [1.82, 2.24) is 20.2 Å². The first-order valence-corrected chi connectivity index (χ1v) is 7.96. The van der Waals surface area contributed by atoms with Crippen molar-refractivity contribution in [2.45, 2.75) is 18.1 Å². The number of nitrogens with zero attached hydrogens (tertiary/aromatic N) is 3. The van der Waals surface area contributed by atoms with E-state index >= 15 is 0 Å². The first-order chi connectivity index (χ1) is 9.38. The average Bonchev–Trinajstić information content (AvgIpc) is 2.49. The lowest BCUT2D eigenvalue weighted by molar-refractivity contribution is 0.0374. The third-order valence-corrected chi connectivity index (χ3v) is 3.70. The summed E-state index contributed by atoms with van der Waals surface area (Å²) in [4.78, 5) is 11.0. The van der Waals surface area contributed by atoms with Gasteiger partial charge in [0.15, 0.2) is 5.16 Å². The predicted molar refractivity (Wildman–Crippen MR) is 77.4 cm³/mol. The lowest BCUT2D eigenvalue weighted by Crippen LogP contribution is -2.37. The fraction of sp³-hybridized carbons (Fsp3) is 0.692. The first-order valence-electron chi connectivity index (χ1n) is 6.74. The molecule has 1 saturated heterocycles. The van der Waals surface area contributed by atoms with Gasteiger partial charge in [-0.1, -0.05) is 11.8 Å². The van der Waals surface area contributed by atoms with Crippen molar-refractivity contribution < 1.29 is 4.74 Å². The molecule has 0 aromatic carbocycles. The van der Waals surface area contributed by atoms with Gasteiger partial charge in [-0.2, -0.15) is 0 Å². The zero-order chi connectivity index (χ0) is 13.3. The summed E-state index contributed by atoms with van der Waals surface area (Å²) < 4.78 is 5.33. The van der Waals surface area contributed by atoms with Crippen molar-refractivity contribution in [3.8, 4) is 0 Å². The van der Waals surface area contributed by atoms with Crippen LogP contribution >= 0.6 is 11.8 Å². The summed E-state index contributed by atoms with van der Waals surface area (Å²) >= 11 is 1.57. The summed E-state index contributed by atoms with van der Waals surface area (Å²) in [5.41, 5.74) is 1.14. The van der Waals surface area contributed by atoms with E-state index in [1.54, 1.807) is 11.8 Å². The van der Waals surface area contributed by atoms with E-state index < -0.39 is 0 Å². The number of rotatable bonds is 7. The van der Waals surface area contributed by atoms with Gasteiger partial charge in [0.1, 0.15) is 0 Å². The minimum Gasteiger partial charge on any atom is -0.379 e. The smallest absolute Gasteiger partial charge is 0.187 e. The number of hydrogen-bond acceptors (Lipinski definition) is 6. The molecule has 0 amide bonds. The molecule has 106 valence electrons. The van der Waals surface area contributed by atoms with Crippen LogP contribution in [0.5, 0.6) is 0 Å². The number of morpholine rings is 1. The third kappa shape index (κ3) is 5.44. The van der Waals surface area contributed by atoms with Crippen molar-refractivity contribution in [3.05, 3.63) is 18.0 Å². The predicted octanol–water partition coefficient (Wildman–Crippen LogP) is 1.01. The Bertz CT molecular complexity index is 354. The molecule has 1 aromatic rings. The topological polar surface area (TPSA) is 50.3 Å². The van der Waals surface area contributed by atoms with E-state index in [1.807, 2.05) is 18.6 Å². The van der Waals surface area contributed by atoms with E-state index in [0.717, 1.165) is 56.7 Å². The largest absolute Gasteiger partial charge is 0.379 e. The lowest BCUT2D eigenvalue weighted by atomic mass is 10.3. The number of aromatic nitrogens is 2. The summed E-state index contributed by atoms with van der Waals surface area (Å²) in [7, 11) is 0. The van der Waals surface area contributed by atoms with Gasteiger partial charge < -0.3 is 10.1 Å². The molecule has 2 heterocycles. The van der Waals surface area contributed by atoms with Gasteiger partial charge in [-0.3, -0.25) is 4.90 Å². The van der Waals surface area contributed by atoms with Gasteiger partial charge in [0, 0.05) is 37.6 Å². The van der Waals surface area contributed by atoms with Crippen LogP contribution in [0, 0.1) is 0 Å². The zero-order valence-electron chi connectivity index (χ0n) is 11.5. The van der Waals surface area contributed by atoms with Gasteiger partial charge in [0.2, 0.25) is 0 Å². The van der Waals surface area contributed by atoms with Gasteiger partial charge in [0.05, 0.1) is 13.2 Å². The van der Waals surface area contributed by atoms with Gasteiger partial charge in [0.25, 0.3) is 0 Å². The molecule has 1 aliphatic heterocycles. The van der Waals surface area contributed by atoms with Gasteiger partial charge in [-0.15, -0.1) is 0 Å². The maximum absolute atomic E-state index is 5.33. The Labute approximate surface area is 119 Å². The minimum absolute atomic E-state index is 0.830. The molecule has 2 rings (SSSR count). The normalized spacial score (nSPS) is 16.7. The Morgan fingerprint density at radius 1 is 1.32 bits per heavy atom. The molecule has 1 aliphatic rings. The Morgan fingerprint density at radius 2 is 2.05 bits per heavy atom. The van der Waals surface area contributed by atoms with Crippen molar-refractivity contribution in [2.75, 3.05) is 45.6 Å². The van der Waals surface area contributed by atoms with E-state index in [9.17, 15) is 0 Å². The van der Waals surface area contributed by atoms with Crippen LogP contribution in [0.3, 0.4) is 0 Å². The molecule has 0 unspecified atom stereocenters. The molecule has 1 N–H and O–H groups in total. The Kier molecular flexibility index (Phi) is 6.56. The number of hydrogen-bond donors (Lipinski definition) is 1. The van der Waals surface area contributed by atoms with Crippen molar-refractivity contribution >= 4 is 11.8 Å². The van der Waals surface area contributed by atoms with Gasteiger partial charge in [-0.05, 0) is 25.8 Å². The number of thioether (sulfide) groups is 1. The molecule has 0 radical (unpaired) electrons. The van der Waals surface area contributed by atoms with E-state index in [4.69, 9.17) is 4.74 Å². The van der Waals surface area contributed by atoms with Gasteiger partial charge >= 0.3 is 0 Å². The van der Waals surface area contributed by atoms with E-state index in [2.05, 4.69) is 20.2 Å². The summed E-state index contributed by atoms with van der Waals surface area (Å²) in [5, 5.41) is 4.26. The molecular formula is C13H22N4OS. The summed E-state index contributed by atoms with van der Waals surface area (Å²) in [5.74, 6) is 0. The maximum Gasteiger partial charge on any atom is 0.187 e. The highest BCUT2D eigenvalue weighted by Crippen LogP contribution is 2.06. The summed E-state index contributed by atoms with van der Waals surface area (Å²) in [6, 6.07) is 0. The Balaban J connectivity index is 1.55. The third-order valence-electron chi connectivity index (χ3n) is 3.12. The van der Waals surface area contributed by atoms with E-state index in [1.165, 1.54) is 6.42 Å². The highest BCUT2D eigenvalue weighted by atomic mass is 32.2. The molecule has 6 heteroatoms. The second kappa shape index (κ2) is 8.47. The Morgan fingerprint density at radius 3 is 2.74 bits per heavy atom. The summed E-state index contributed by atoms with van der Waals surface area (Å²) in [6.07, 6.45) is 6.95. The molecule has 0 bridgehead atoms. The molecule has 0 saturated carbocycles. The van der Waals surface area contributed by atoms with Crippen LogP contribution < -0.4 is 5.32 Å². The van der Waals surface area contributed by atoms with Crippen LogP contribution in [-0.4, -0.2) is 60.5 Å². The maximum atomic E-state index is 5.33. The highest BCUT2D eigenvalue weighted by Gasteiger charge is 2.08. The molecule has 0 atom stereocenters. The molecule has 1 fully saturated rings. The van der Waals surface area contributed by atoms with Crippen molar-refractivity contribution in [2.24, 2.45) is 0 Å². The van der Waals surface area contributed by atoms with Crippen LogP contribution in [0.4, 0.5) is 0 Å². The quantitative estimate of drug-likeness (QED) is 0.458. The van der Waals surface area contributed by atoms with Crippen LogP contribution in [0.15, 0.2) is 17.6 Å². The van der Waals surface area contributed by atoms with Gasteiger partial charge in [-0.25, -0.2) is 9.97 Å². The van der Waals surface area contributed by atoms with Crippen molar-refractivity contribution in [3.63, 3.8) is 0 Å². The van der Waals surface area contributed by atoms with Crippen molar-refractivity contribution in [1.29, 1.82) is 0 Å². The summed E-state index contributed by atoms with van der Waals surface area (Å²) in [6.45, 7) is 6.94. The molecule has 0 spiro atoms. The average molecular weight is 282 g/mol. The fourth-order valence-electron chi connectivity index (χ4n) is 2.02. The van der Waals surface area contributed by atoms with Crippen LogP contribution in [0.2, 0.25) is 0 Å². The monoisotopic (exact) mass is 282 g/mol. The molecular weight excluding hydrogens is 260 g/mol. The van der Waals surface area contributed by atoms with Crippen LogP contribution in [0.25, 0.3) is 0 Å². The second-order valence-electron chi connectivity index (χ2n) is 4.56. The van der Waals surface area contributed by atoms with Crippen LogP contribution in [0.1, 0.15) is 12.0 Å². The molecule has 1 aromatic heterocycles. The molecule has 19 heavy (non-hydrogen) atoms. The molecule has 5 nitrogen and oxygen atoms in total. The Hall–Kier alpha value is -0.690. The van der Waals surface area contributed by atoms with E-state index in [-0.39, 0.29) is 0 Å². The fourth-order valence-corrected chi connectivity index (χ4v) is 2.34. The number of ether oxygens (including phenoxy) is 1. The standard InChI is InChI=1S/C13H22N4OS/c1-19-13-15-10-12(11-16-13)9-14-3-2-4-17-5-7-18-8-6-17/h10-11,14H,2-9H2,1H3. The van der Waals surface area contributed by atoms with E-state index in [0.29, 0.717) is 0 Å². The number of nitrogens with one attached hydrogen (secondary N) is 1. The lowest BCUT2D eigenvalue weighted by Gasteiger charge is -2.26. The first kappa shape index (κ1) is 14.7. The highest BCUT2D eigenvalue weighted by molar-refractivity contribution is 7.98. The minimum atomic E-state index is 0.830.